The first-order chi connectivity index (χ1) is 10.7. The van der Waals surface area contributed by atoms with Crippen molar-refractivity contribution >= 4 is 11.7 Å². The molecule has 126 valence electrons. The van der Waals surface area contributed by atoms with Gasteiger partial charge in [0.05, 0.1) is 5.92 Å². The van der Waals surface area contributed by atoms with Crippen LogP contribution in [0, 0.1) is 11.7 Å². The Hall–Kier alpha value is -1.62. The van der Waals surface area contributed by atoms with Crippen LogP contribution in [0.2, 0.25) is 0 Å². The summed E-state index contributed by atoms with van der Waals surface area (Å²) < 4.78 is 19.3. The first kappa shape index (κ1) is 16.2. The van der Waals surface area contributed by atoms with Gasteiger partial charge in [-0.25, -0.2) is 4.39 Å². The molecule has 0 radical (unpaired) electrons. The number of nitrogens with zero attached hydrogens (tertiary/aromatic N) is 1. The van der Waals surface area contributed by atoms with Gasteiger partial charge in [-0.2, -0.15) is 0 Å². The summed E-state index contributed by atoms with van der Waals surface area (Å²) in [5, 5.41) is 0. The molecule has 2 aliphatic rings. The van der Waals surface area contributed by atoms with Gasteiger partial charge in [0.1, 0.15) is 11.4 Å². The van der Waals surface area contributed by atoms with Crippen LogP contribution in [-0.4, -0.2) is 35.6 Å². The Kier molecular flexibility index (Phi) is 4.08. The lowest BCUT2D eigenvalue weighted by atomic mass is 9.76. The molecule has 23 heavy (non-hydrogen) atoms. The van der Waals surface area contributed by atoms with Crippen LogP contribution >= 0.6 is 0 Å². The second-order valence-electron chi connectivity index (χ2n) is 7.79. The van der Waals surface area contributed by atoms with E-state index < -0.39 is 5.60 Å². The van der Waals surface area contributed by atoms with Crippen molar-refractivity contribution in [3.05, 3.63) is 29.6 Å². The number of anilines is 1. The van der Waals surface area contributed by atoms with Gasteiger partial charge in [-0.1, -0.05) is 6.07 Å². The highest BCUT2D eigenvalue weighted by Crippen LogP contribution is 2.40. The average molecular weight is 320 g/mol. The van der Waals surface area contributed by atoms with Crippen molar-refractivity contribution in [2.75, 3.05) is 18.8 Å². The quantitative estimate of drug-likeness (QED) is 0.687. The van der Waals surface area contributed by atoms with E-state index in [1.54, 1.807) is 12.1 Å². The Morgan fingerprint density at radius 3 is 2.52 bits per heavy atom. The molecule has 0 unspecified atom stereocenters. The lowest BCUT2D eigenvalue weighted by Crippen LogP contribution is -2.56. The normalized spacial score (nSPS) is 25.6. The standard InChI is InChI=1S/C18H25FN2O2/c1-18(2,3)23-17(22)11-6-14(7-11)21-9-12(10-21)15-5-4-13(20)8-16(15)19/h4-5,8,11-12,14H,6-7,9-10,20H2,1-3H3. The van der Waals surface area contributed by atoms with E-state index >= 15 is 0 Å². The fraction of sp³-hybridized carbons (Fsp3) is 0.611. The fourth-order valence-electron chi connectivity index (χ4n) is 3.35. The van der Waals surface area contributed by atoms with E-state index in [2.05, 4.69) is 4.90 Å². The molecular weight excluding hydrogens is 295 g/mol. The summed E-state index contributed by atoms with van der Waals surface area (Å²) in [6.45, 7) is 7.38. The fourth-order valence-corrected chi connectivity index (χ4v) is 3.35. The summed E-state index contributed by atoms with van der Waals surface area (Å²) in [6, 6.07) is 5.36. The molecule has 2 N–H and O–H groups in total. The van der Waals surface area contributed by atoms with E-state index in [0.29, 0.717) is 11.7 Å². The van der Waals surface area contributed by atoms with E-state index in [9.17, 15) is 9.18 Å². The van der Waals surface area contributed by atoms with E-state index in [4.69, 9.17) is 10.5 Å². The van der Waals surface area contributed by atoms with Crippen LogP contribution in [0.4, 0.5) is 10.1 Å². The van der Waals surface area contributed by atoms with Crippen LogP contribution in [0.3, 0.4) is 0 Å². The zero-order valence-electron chi connectivity index (χ0n) is 14.0. The second-order valence-corrected chi connectivity index (χ2v) is 7.79. The van der Waals surface area contributed by atoms with Crippen LogP contribution in [0.25, 0.3) is 0 Å². The van der Waals surface area contributed by atoms with Gasteiger partial charge in [-0.3, -0.25) is 9.69 Å². The Balaban J connectivity index is 1.46. The molecule has 2 fully saturated rings. The molecule has 0 spiro atoms. The smallest absolute Gasteiger partial charge is 0.309 e. The van der Waals surface area contributed by atoms with E-state index in [-0.39, 0.29) is 23.6 Å². The molecule has 1 aromatic rings. The molecule has 5 heteroatoms. The van der Waals surface area contributed by atoms with Gasteiger partial charge in [0, 0.05) is 30.7 Å². The molecule has 1 saturated carbocycles. The summed E-state index contributed by atoms with van der Waals surface area (Å²) in [6.07, 6.45) is 1.71. The summed E-state index contributed by atoms with van der Waals surface area (Å²) in [7, 11) is 0. The first-order valence-corrected chi connectivity index (χ1v) is 8.25. The number of ether oxygens (including phenoxy) is 1. The number of nitrogens with two attached hydrogens (primary N) is 1. The maximum Gasteiger partial charge on any atom is 0.309 e. The van der Waals surface area contributed by atoms with Crippen molar-refractivity contribution in [1.82, 2.24) is 4.90 Å². The minimum Gasteiger partial charge on any atom is -0.460 e. The Labute approximate surface area is 136 Å². The maximum absolute atomic E-state index is 13.9. The number of hydrogen-bond donors (Lipinski definition) is 1. The molecular formula is C18H25FN2O2. The summed E-state index contributed by atoms with van der Waals surface area (Å²) in [5.41, 5.74) is 6.37. The van der Waals surface area contributed by atoms with Crippen molar-refractivity contribution < 1.29 is 13.9 Å². The van der Waals surface area contributed by atoms with E-state index in [1.165, 1.54) is 6.07 Å². The number of halogens is 1. The van der Waals surface area contributed by atoms with Crippen molar-refractivity contribution in [1.29, 1.82) is 0 Å². The predicted octanol–water partition coefficient (Wildman–Crippen LogP) is 2.93. The number of benzene rings is 1. The van der Waals surface area contributed by atoms with Gasteiger partial charge < -0.3 is 10.5 Å². The van der Waals surface area contributed by atoms with Crippen LogP contribution in [-0.2, 0) is 9.53 Å². The lowest BCUT2D eigenvalue weighted by Gasteiger charge is -2.50. The first-order valence-electron chi connectivity index (χ1n) is 8.25. The lowest BCUT2D eigenvalue weighted by molar-refractivity contribution is -0.166. The summed E-state index contributed by atoms with van der Waals surface area (Å²) in [5.74, 6) is -0.0481. The van der Waals surface area contributed by atoms with Crippen molar-refractivity contribution in [2.24, 2.45) is 5.92 Å². The third-order valence-corrected chi connectivity index (χ3v) is 4.74. The average Bonchev–Trinajstić information content (AvgIpc) is 2.29. The van der Waals surface area contributed by atoms with Crippen molar-refractivity contribution in [2.45, 2.75) is 51.2 Å². The second kappa shape index (κ2) is 5.78. The van der Waals surface area contributed by atoms with Crippen LogP contribution in [0.15, 0.2) is 18.2 Å². The number of nitrogen functional groups attached to an aromatic ring is 1. The van der Waals surface area contributed by atoms with E-state index in [0.717, 1.165) is 31.5 Å². The molecule has 1 saturated heterocycles. The van der Waals surface area contributed by atoms with Gasteiger partial charge in [0.25, 0.3) is 0 Å². The summed E-state index contributed by atoms with van der Waals surface area (Å²) >= 11 is 0. The molecule has 1 aliphatic heterocycles. The Morgan fingerprint density at radius 2 is 1.96 bits per heavy atom. The zero-order chi connectivity index (χ0) is 16.8. The highest BCUT2D eigenvalue weighted by Gasteiger charge is 2.44. The molecule has 0 aromatic heterocycles. The number of rotatable bonds is 3. The Morgan fingerprint density at radius 1 is 1.30 bits per heavy atom. The van der Waals surface area contributed by atoms with Gasteiger partial charge in [-0.15, -0.1) is 0 Å². The van der Waals surface area contributed by atoms with Gasteiger partial charge >= 0.3 is 5.97 Å². The van der Waals surface area contributed by atoms with Gasteiger partial charge in [0.2, 0.25) is 0 Å². The molecule has 0 atom stereocenters. The Bertz CT molecular complexity index is 600. The minimum atomic E-state index is -0.420. The molecule has 3 rings (SSSR count). The predicted molar refractivity (Wildman–Crippen MR) is 87.5 cm³/mol. The van der Waals surface area contributed by atoms with Gasteiger partial charge in [-0.05, 0) is 51.3 Å². The maximum atomic E-state index is 13.9. The number of esters is 1. The summed E-state index contributed by atoms with van der Waals surface area (Å²) in [4.78, 5) is 14.3. The molecule has 0 bridgehead atoms. The van der Waals surface area contributed by atoms with Crippen LogP contribution in [0.1, 0.15) is 45.1 Å². The number of likely N-dealkylation sites (tertiary alicyclic amines) is 1. The molecule has 1 heterocycles. The number of carbonyl (C=O) groups excluding carboxylic acids is 1. The van der Waals surface area contributed by atoms with E-state index in [1.807, 2.05) is 20.8 Å². The largest absolute Gasteiger partial charge is 0.460 e. The molecule has 0 amide bonds. The number of carbonyl (C=O) groups is 1. The molecule has 1 aromatic carbocycles. The van der Waals surface area contributed by atoms with Gasteiger partial charge in [0.15, 0.2) is 0 Å². The third kappa shape index (κ3) is 3.50. The molecule has 4 nitrogen and oxygen atoms in total. The SMILES string of the molecule is CC(C)(C)OC(=O)C1CC(N2CC(c3ccc(N)cc3F)C2)C1. The molecule has 1 aliphatic carbocycles. The van der Waals surface area contributed by atoms with Crippen LogP contribution in [0.5, 0.6) is 0 Å². The monoisotopic (exact) mass is 320 g/mol. The topological polar surface area (TPSA) is 55.6 Å². The zero-order valence-corrected chi connectivity index (χ0v) is 14.0. The number of hydrogen-bond acceptors (Lipinski definition) is 4. The van der Waals surface area contributed by atoms with Crippen molar-refractivity contribution in [3.8, 4) is 0 Å². The van der Waals surface area contributed by atoms with Crippen molar-refractivity contribution in [3.63, 3.8) is 0 Å². The highest BCUT2D eigenvalue weighted by molar-refractivity contribution is 5.74. The van der Waals surface area contributed by atoms with Crippen LogP contribution < -0.4 is 5.73 Å². The minimum absolute atomic E-state index is 0.0199. The third-order valence-electron chi connectivity index (χ3n) is 4.74. The highest BCUT2D eigenvalue weighted by atomic mass is 19.1.